The summed E-state index contributed by atoms with van der Waals surface area (Å²) in [4.78, 5) is 13.3. The van der Waals surface area contributed by atoms with E-state index in [0.717, 1.165) is 12.2 Å². The highest BCUT2D eigenvalue weighted by Gasteiger charge is 2.28. The normalized spacial score (nSPS) is 20.7. The largest absolute Gasteiger partial charge is 0.467 e. The summed E-state index contributed by atoms with van der Waals surface area (Å²) in [5.41, 5.74) is 5.45. The van der Waals surface area contributed by atoms with Gasteiger partial charge in [0, 0.05) is 12.6 Å². The highest BCUT2D eigenvalue weighted by atomic mass is 16.3. The smallest absolute Gasteiger partial charge is 0.318 e. The molecule has 1 atom stereocenters. The van der Waals surface area contributed by atoms with Gasteiger partial charge in [0.05, 0.1) is 12.8 Å². The lowest BCUT2D eigenvalue weighted by molar-refractivity contribution is 0.211. The van der Waals surface area contributed by atoms with Crippen LogP contribution >= 0.6 is 0 Å². The lowest BCUT2D eigenvalue weighted by Crippen LogP contribution is -2.29. The van der Waals surface area contributed by atoms with Gasteiger partial charge in [-0.05, 0) is 25.1 Å². The topological polar surface area (TPSA) is 71.5 Å². The molecule has 0 aliphatic carbocycles. The van der Waals surface area contributed by atoms with Crippen LogP contribution in [0.4, 0.5) is 4.79 Å². The number of furan rings is 1. The second-order valence-corrected chi connectivity index (χ2v) is 3.68. The van der Waals surface area contributed by atoms with Gasteiger partial charge in [-0.15, -0.1) is 0 Å². The van der Waals surface area contributed by atoms with Crippen molar-refractivity contribution in [1.29, 1.82) is 0 Å². The molecule has 0 spiro atoms. The first-order valence-electron chi connectivity index (χ1n) is 5.07. The summed E-state index contributed by atoms with van der Waals surface area (Å²) in [5, 5.41) is 2.88. The van der Waals surface area contributed by atoms with Crippen molar-refractivity contribution >= 4 is 6.03 Å². The van der Waals surface area contributed by atoms with Crippen LogP contribution in [0.2, 0.25) is 0 Å². The molecule has 0 bridgehead atoms. The van der Waals surface area contributed by atoms with E-state index in [1.54, 1.807) is 11.2 Å². The van der Waals surface area contributed by atoms with Crippen molar-refractivity contribution in [1.82, 2.24) is 10.2 Å². The Hall–Kier alpha value is -1.49. The standard InChI is InChI=1S/C10H15N3O2/c11-4-3-8-6-13(10(14)12-8)7-9-2-1-5-15-9/h1-2,5,8H,3-4,6-7,11H2,(H,12,14). The zero-order valence-corrected chi connectivity index (χ0v) is 8.48. The van der Waals surface area contributed by atoms with Crippen molar-refractivity contribution in [2.24, 2.45) is 5.73 Å². The van der Waals surface area contributed by atoms with Crippen LogP contribution in [0, 0.1) is 0 Å². The molecule has 1 saturated heterocycles. The SMILES string of the molecule is NCCC1CN(Cc2ccco2)C(=O)N1. The number of urea groups is 1. The second-order valence-electron chi connectivity index (χ2n) is 3.68. The first-order chi connectivity index (χ1) is 7.29. The van der Waals surface area contributed by atoms with Gasteiger partial charge in [0.1, 0.15) is 5.76 Å². The second kappa shape index (κ2) is 4.35. The number of carbonyl (C=O) groups excluding carboxylic acids is 1. The Labute approximate surface area is 88.2 Å². The summed E-state index contributed by atoms with van der Waals surface area (Å²) in [6.07, 6.45) is 2.43. The van der Waals surface area contributed by atoms with Crippen LogP contribution < -0.4 is 11.1 Å². The fourth-order valence-electron chi connectivity index (χ4n) is 1.75. The summed E-state index contributed by atoms with van der Waals surface area (Å²) in [6.45, 7) is 1.83. The molecule has 0 aromatic carbocycles. The quantitative estimate of drug-likeness (QED) is 0.759. The predicted molar refractivity (Wildman–Crippen MR) is 55.1 cm³/mol. The summed E-state index contributed by atoms with van der Waals surface area (Å²) in [7, 11) is 0. The van der Waals surface area contributed by atoms with Gasteiger partial charge in [0.25, 0.3) is 0 Å². The molecule has 1 aliphatic heterocycles. The minimum Gasteiger partial charge on any atom is -0.467 e. The zero-order valence-electron chi connectivity index (χ0n) is 8.48. The van der Waals surface area contributed by atoms with Crippen molar-refractivity contribution in [2.75, 3.05) is 13.1 Å². The average Bonchev–Trinajstić information content (AvgIpc) is 2.79. The van der Waals surface area contributed by atoms with Gasteiger partial charge >= 0.3 is 6.03 Å². The molecular formula is C10H15N3O2. The number of nitrogens with zero attached hydrogens (tertiary/aromatic N) is 1. The third kappa shape index (κ3) is 2.30. The van der Waals surface area contributed by atoms with E-state index in [2.05, 4.69) is 5.32 Å². The molecule has 1 unspecified atom stereocenters. The fourth-order valence-corrected chi connectivity index (χ4v) is 1.75. The Morgan fingerprint density at radius 2 is 2.53 bits per heavy atom. The third-order valence-corrected chi connectivity index (χ3v) is 2.50. The Morgan fingerprint density at radius 1 is 1.67 bits per heavy atom. The zero-order chi connectivity index (χ0) is 10.7. The first-order valence-corrected chi connectivity index (χ1v) is 5.07. The molecule has 2 amide bonds. The Balaban J connectivity index is 1.91. The Kier molecular flexibility index (Phi) is 2.91. The van der Waals surface area contributed by atoms with Crippen molar-refractivity contribution in [3.8, 4) is 0 Å². The van der Waals surface area contributed by atoms with Gasteiger partial charge in [-0.3, -0.25) is 0 Å². The van der Waals surface area contributed by atoms with Crippen LogP contribution in [0.15, 0.2) is 22.8 Å². The molecule has 1 fully saturated rings. The summed E-state index contributed by atoms with van der Waals surface area (Å²) in [5.74, 6) is 0.804. The molecule has 2 rings (SSSR count). The van der Waals surface area contributed by atoms with Crippen LogP contribution in [-0.2, 0) is 6.54 Å². The van der Waals surface area contributed by atoms with E-state index in [4.69, 9.17) is 10.2 Å². The minimum absolute atomic E-state index is 0.0372. The maximum absolute atomic E-state index is 11.5. The van der Waals surface area contributed by atoms with Crippen molar-refractivity contribution < 1.29 is 9.21 Å². The van der Waals surface area contributed by atoms with Gasteiger partial charge in [-0.25, -0.2) is 4.79 Å². The molecule has 3 N–H and O–H groups in total. The molecule has 5 heteroatoms. The Bertz CT molecular complexity index is 323. The van der Waals surface area contributed by atoms with E-state index in [1.807, 2.05) is 12.1 Å². The molecule has 15 heavy (non-hydrogen) atoms. The van der Waals surface area contributed by atoms with Crippen LogP contribution in [-0.4, -0.2) is 30.1 Å². The van der Waals surface area contributed by atoms with Crippen molar-refractivity contribution in [3.63, 3.8) is 0 Å². The minimum atomic E-state index is -0.0372. The van der Waals surface area contributed by atoms with Gasteiger partial charge < -0.3 is 20.4 Å². The first kappa shape index (κ1) is 10.0. The van der Waals surface area contributed by atoms with E-state index in [-0.39, 0.29) is 12.1 Å². The lowest BCUT2D eigenvalue weighted by Gasteiger charge is -2.12. The van der Waals surface area contributed by atoms with Crippen LogP contribution in [0.25, 0.3) is 0 Å². The number of amides is 2. The molecule has 5 nitrogen and oxygen atoms in total. The number of hydrogen-bond acceptors (Lipinski definition) is 3. The number of nitrogens with two attached hydrogens (primary N) is 1. The molecule has 1 aromatic heterocycles. The maximum Gasteiger partial charge on any atom is 0.318 e. The summed E-state index contributed by atoms with van der Waals surface area (Å²) < 4.78 is 5.19. The molecule has 0 radical (unpaired) electrons. The monoisotopic (exact) mass is 209 g/mol. The third-order valence-electron chi connectivity index (χ3n) is 2.50. The van der Waals surface area contributed by atoms with Gasteiger partial charge in [0.15, 0.2) is 0 Å². The van der Waals surface area contributed by atoms with Gasteiger partial charge in [0.2, 0.25) is 0 Å². The molecule has 1 aliphatic rings. The molecule has 2 heterocycles. The van der Waals surface area contributed by atoms with Crippen molar-refractivity contribution in [3.05, 3.63) is 24.2 Å². The van der Waals surface area contributed by atoms with E-state index < -0.39 is 0 Å². The number of rotatable bonds is 4. The lowest BCUT2D eigenvalue weighted by atomic mass is 10.2. The Morgan fingerprint density at radius 3 is 3.20 bits per heavy atom. The van der Waals surface area contributed by atoms with Gasteiger partial charge in [-0.2, -0.15) is 0 Å². The predicted octanol–water partition coefficient (Wildman–Crippen LogP) is 0.522. The molecule has 1 aromatic rings. The van der Waals surface area contributed by atoms with E-state index in [9.17, 15) is 4.79 Å². The number of nitrogens with one attached hydrogen (secondary N) is 1. The highest BCUT2D eigenvalue weighted by molar-refractivity contribution is 5.76. The van der Waals surface area contributed by atoms with Crippen LogP contribution in [0.3, 0.4) is 0 Å². The van der Waals surface area contributed by atoms with Crippen LogP contribution in [0.5, 0.6) is 0 Å². The highest BCUT2D eigenvalue weighted by Crippen LogP contribution is 2.11. The summed E-state index contributed by atoms with van der Waals surface area (Å²) >= 11 is 0. The van der Waals surface area contributed by atoms with E-state index in [0.29, 0.717) is 19.6 Å². The summed E-state index contributed by atoms with van der Waals surface area (Å²) in [6, 6.07) is 3.83. The fraction of sp³-hybridized carbons (Fsp3) is 0.500. The average molecular weight is 209 g/mol. The maximum atomic E-state index is 11.5. The van der Waals surface area contributed by atoms with E-state index in [1.165, 1.54) is 0 Å². The molecular weight excluding hydrogens is 194 g/mol. The van der Waals surface area contributed by atoms with Gasteiger partial charge in [-0.1, -0.05) is 0 Å². The molecule has 0 saturated carbocycles. The molecule has 82 valence electrons. The van der Waals surface area contributed by atoms with E-state index >= 15 is 0 Å². The van der Waals surface area contributed by atoms with Crippen LogP contribution in [0.1, 0.15) is 12.2 Å². The number of carbonyl (C=O) groups is 1. The number of hydrogen-bond donors (Lipinski definition) is 2. The van der Waals surface area contributed by atoms with Crippen molar-refractivity contribution in [2.45, 2.75) is 19.0 Å².